The van der Waals surface area contributed by atoms with Gasteiger partial charge in [0.15, 0.2) is 0 Å². The topological polar surface area (TPSA) is 34.1 Å². The standard InChI is InChI=1S/C16H19FN2O/c1-4-14-16(9-8-11(2)19-14)20-15-7-5-6-13(17)12(15)10-18-3/h5-9,18H,4,10H2,1-3H3. The molecule has 0 unspecified atom stereocenters. The van der Waals surface area contributed by atoms with E-state index in [0.717, 1.165) is 17.8 Å². The summed E-state index contributed by atoms with van der Waals surface area (Å²) < 4.78 is 19.7. The van der Waals surface area contributed by atoms with Crippen molar-refractivity contribution in [3.05, 3.63) is 53.1 Å². The van der Waals surface area contributed by atoms with Gasteiger partial charge in [-0.15, -0.1) is 0 Å². The number of aryl methyl sites for hydroxylation is 2. The molecule has 4 heteroatoms. The largest absolute Gasteiger partial charge is 0.455 e. The smallest absolute Gasteiger partial charge is 0.148 e. The molecule has 106 valence electrons. The molecular formula is C16H19FN2O. The van der Waals surface area contributed by atoms with E-state index in [1.807, 2.05) is 26.0 Å². The predicted octanol–water partition coefficient (Wildman–Crippen LogP) is 3.60. The zero-order chi connectivity index (χ0) is 14.5. The van der Waals surface area contributed by atoms with Gasteiger partial charge in [-0.25, -0.2) is 4.39 Å². The Morgan fingerprint density at radius 1 is 1.20 bits per heavy atom. The normalized spacial score (nSPS) is 10.6. The summed E-state index contributed by atoms with van der Waals surface area (Å²) >= 11 is 0. The van der Waals surface area contributed by atoms with Crippen LogP contribution in [0.3, 0.4) is 0 Å². The maximum atomic E-state index is 13.9. The quantitative estimate of drug-likeness (QED) is 0.904. The van der Waals surface area contributed by atoms with Gasteiger partial charge in [0.25, 0.3) is 0 Å². The van der Waals surface area contributed by atoms with E-state index in [1.54, 1.807) is 19.2 Å². The van der Waals surface area contributed by atoms with E-state index in [2.05, 4.69) is 10.3 Å². The maximum Gasteiger partial charge on any atom is 0.148 e. The van der Waals surface area contributed by atoms with Gasteiger partial charge in [-0.2, -0.15) is 0 Å². The Kier molecular flexibility index (Phi) is 4.69. The van der Waals surface area contributed by atoms with Crippen molar-refractivity contribution >= 4 is 0 Å². The molecule has 0 bridgehead atoms. The van der Waals surface area contributed by atoms with Gasteiger partial charge in [-0.05, 0) is 44.7 Å². The van der Waals surface area contributed by atoms with Gasteiger partial charge in [0, 0.05) is 17.8 Å². The van der Waals surface area contributed by atoms with Gasteiger partial charge in [-0.3, -0.25) is 4.98 Å². The van der Waals surface area contributed by atoms with Crippen LogP contribution in [0.2, 0.25) is 0 Å². The van der Waals surface area contributed by atoms with Crippen molar-refractivity contribution in [2.45, 2.75) is 26.8 Å². The number of nitrogens with zero attached hydrogens (tertiary/aromatic N) is 1. The first kappa shape index (κ1) is 14.5. The fourth-order valence-corrected chi connectivity index (χ4v) is 2.05. The van der Waals surface area contributed by atoms with Crippen molar-refractivity contribution in [1.29, 1.82) is 0 Å². The summed E-state index contributed by atoms with van der Waals surface area (Å²) in [6, 6.07) is 8.64. The van der Waals surface area contributed by atoms with Crippen LogP contribution in [0.15, 0.2) is 30.3 Å². The number of aromatic nitrogens is 1. The summed E-state index contributed by atoms with van der Waals surface area (Å²) in [7, 11) is 1.78. The molecule has 0 fully saturated rings. The molecule has 0 aliphatic heterocycles. The molecule has 0 saturated heterocycles. The Bertz CT molecular complexity index is 599. The molecule has 1 heterocycles. The number of rotatable bonds is 5. The second-order valence-electron chi connectivity index (χ2n) is 4.60. The lowest BCUT2D eigenvalue weighted by Gasteiger charge is -2.14. The highest BCUT2D eigenvalue weighted by atomic mass is 19.1. The first-order valence-corrected chi connectivity index (χ1v) is 6.72. The summed E-state index contributed by atoms with van der Waals surface area (Å²) in [6.07, 6.45) is 0.772. The Morgan fingerprint density at radius 2 is 2.00 bits per heavy atom. The number of benzene rings is 1. The van der Waals surface area contributed by atoms with Gasteiger partial charge in [-0.1, -0.05) is 13.0 Å². The Morgan fingerprint density at radius 3 is 2.70 bits per heavy atom. The molecule has 2 rings (SSSR count). The third kappa shape index (κ3) is 3.14. The molecule has 0 amide bonds. The highest BCUT2D eigenvalue weighted by molar-refractivity contribution is 5.40. The minimum atomic E-state index is -0.269. The Hall–Kier alpha value is -1.94. The average Bonchev–Trinajstić information content (AvgIpc) is 2.44. The summed E-state index contributed by atoms with van der Waals surface area (Å²) in [6.45, 7) is 4.38. The van der Waals surface area contributed by atoms with Crippen LogP contribution in [0.1, 0.15) is 23.9 Å². The second-order valence-corrected chi connectivity index (χ2v) is 4.60. The van der Waals surface area contributed by atoms with Crippen molar-refractivity contribution in [2.24, 2.45) is 0 Å². The lowest BCUT2D eigenvalue weighted by Crippen LogP contribution is -2.09. The molecule has 0 saturated carbocycles. The number of nitrogens with one attached hydrogen (secondary N) is 1. The summed E-state index contributed by atoms with van der Waals surface area (Å²) in [5, 5.41) is 2.95. The van der Waals surface area contributed by atoms with E-state index in [9.17, 15) is 4.39 Å². The SMILES string of the molecule is CCc1nc(C)ccc1Oc1cccc(F)c1CNC. The molecule has 1 aromatic heterocycles. The minimum Gasteiger partial charge on any atom is -0.455 e. The van der Waals surface area contributed by atoms with E-state index in [1.165, 1.54) is 6.07 Å². The first-order chi connectivity index (χ1) is 9.65. The van der Waals surface area contributed by atoms with Crippen LogP contribution in [0.25, 0.3) is 0 Å². The molecule has 1 N–H and O–H groups in total. The highest BCUT2D eigenvalue weighted by Gasteiger charge is 2.12. The third-order valence-corrected chi connectivity index (χ3v) is 3.06. The van der Waals surface area contributed by atoms with Crippen LogP contribution in [-0.4, -0.2) is 12.0 Å². The monoisotopic (exact) mass is 274 g/mol. The lowest BCUT2D eigenvalue weighted by atomic mass is 10.2. The molecule has 0 aliphatic rings. The van der Waals surface area contributed by atoms with Crippen LogP contribution in [0, 0.1) is 12.7 Å². The molecule has 20 heavy (non-hydrogen) atoms. The van der Waals surface area contributed by atoms with Crippen LogP contribution in [-0.2, 0) is 13.0 Å². The maximum absolute atomic E-state index is 13.9. The van der Waals surface area contributed by atoms with Gasteiger partial charge < -0.3 is 10.1 Å². The van der Waals surface area contributed by atoms with Gasteiger partial charge in [0.05, 0.1) is 5.69 Å². The first-order valence-electron chi connectivity index (χ1n) is 6.72. The Balaban J connectivity index is 2.37. The molecule has 0 aliphatic carbocycles. The zero-order valence-electron chi connectivity index (χ0n) is 12.0. The Labute approximate surface area is 118 Å². The number of ether oxygens (including phenoxy) is 1. The summed E-state index contributed by atoms with van der Waals surface area (Å²) in [5.74, 6) is 0.940. The summed E-state index contributed by atoms with van der Waals surface area (Å²) in [4.78, 5) is 4.45. The molecule has 3 nitrogen and oxygen atoms in total. The third-order valence-electron chi connectivity index (χ3n) is 3.06. The van der Waals surface area contributed by atoms with Crippen molar-refractivity contribution < 1.29 is 9.13 Å². The van der Waals surface area contributed by atoms with Gasteiger partial charge in [0.1, 0.15) is 17.3 Å². The minimum absolute atomic E-state index is 0.269. The van der Waals surface area contributed by atoms with Gasteiger partial charge >= 0.3 is 0 Å². The van der Waals surface area contributed by atoms with E-state index in [4.69, 9.17) is 4.74 Å². The average molecular weight is 274 g/mol. The molecule has 0 atom stereocenters. The summed E-state index contributed by atoms with van der Waals surface area (Å²) in [5.41, 5.74) is 2.35. The van der Waals surface area contributed by atoms with Crippen molar-refractivity contribution in [3.8, 4) is 11.5 Å². The lowest BCUT2D eigenvalue weighted by molar-refractivity contribution is 0.456. The van der Waals surface area contributed by atoms with Crippen LogP contribution in [0.4, 0.5) is 4.39 Å². The number of hydrogen-bond acceptors (Lipinski definition) is 3. The fraction of sp³-hybridized carbons (Fsp3) is 0.312. The number of halogens is 1. The van der Waals surface area contributed by atoms with Crippen molar-refractivity contribution in [2.75, 3.05) is 7.05 Å². The van der Waals surface area contributed by atoms with Crippen molar-refractivity contribution in [1.82, 2.24) is 10.3 Å². The van der Waals surface area contributed by atoms with E-state index in [0.29, 0.717) is 23.6 Å². The highest BCUT2D eigenvalue weighted by Crippen LogP contribution is 2.29. The van der Waals surface area contributed by atoms with Gasteiger partial charge in [0.2, 0.25) is 0 Å². The number of pyridine rings is 1. The van der Waals surface area contributed by atoms with Crippen LogP contribution < -0.4 is 10.1 Å². The number of hydrogen-bond donors (Lipinski definition) is 1. The molecule has 1 aromatic carbocycles. The zero-order valence-corrected chi connectivity index (χ0v) is 12.0. The second kappa shape index (κ2) is 6.48. The predicted molar refractivity (Wildman–Crippen MR) is 77.6 cm³/mol. The molecule has 0 radical (unpaired) electrons. The molecular weight excluding hydrogens is 255 g/mol. The van der Waals surface area contributed by atoms with Crippen LogP contribution in [0.5, 0.6) is 11.5 Å². The molecule has 2 aromatic rings. The fourth-order valence-electron chi connectivity index (χ4n) is 2.05. The van der Waals surface area contributed by atoms with E-state index < -0.39 is 0 Å². The van der Waals surface area contributed by atoms with Crippen LogP contribution >= 0.6 is 0 Å². The van der Waals surface area contributed by atoms with E-state index in [-0.39, 0.29) is 5.82 Å². The van der Waals surface area contributed by atoms with Crippen molar-refractivity contribution in [3.63, 3.8) is 0 Å². The molecule has 0 spiro atoms. The van der Waals surface area contributed by atoms with E-state index >= 15 is 0 Å².